The Balaban J connectivity index is 0.000000514. The van der Waals surface area contributed by atoms with Crippen molar-refractivity contribution < 1.29 is 15.0 Å². The molecule has 8 atom stereocenters. The predicted molar refractivity (Wildman–Crippen MR) is 116 cm³/mol. The third kappa shape index (κ3) is 4.02. The zero-order chi connectivity index (χ0) is 20.9. The number of carbonyl (C=O) groups is 1. The van der Waals surface area contributed by atoms with Gasteiger partial charge in [0.2, 0.25) is 0 Å². The van der Waals surface area contributed by atoms with E-state index >= 15 is 0 Å². The molecule has 0 saturated heterocycles. The van der Waals surface area contributed by atoms with Crippen molar-refractivity contribution in [1.82, 2.24) is 0 Å². The van der Waals surface area contributed by atoms with Crippen molar-refractivity contribution in [3.05, 3.63) is 0 Å². The zero-order valence-corrected chi connectivity index (χ0v) is 19.1. The van der Waals surface area contributed by atoms with Crippen LogP contribution in [0.25, 0.3) is 0 Å². The van der Waals surface area contributed by atoms with Gasteiger partial charge in [-0.2, -0.15) is 0 Å². The van der Waals surface area contributed by atoms with Crippen molar-refractivity contribution >= 4 is 6.47 Å². The molecule has 0 aromatic rings. The molecule has 3 nitrogen and oxygen atoms in total. The smallest absolute Gasteiger partial charge is 0.290 e. The number of rotatable bonds is 2. The molecule has 0 bridgehead atoms. The van der Waals surface area contributed by atoms with Crippen molar-refractivity contribution in [3.8, 4) is 0 Å². The molecule has 0 spiro atoms. The molecule has 0 heterocycles. The van der Waals surface area contributed by atoms with Crippen molar-refractivity contribution in [2.75, 3.05) is 0 Å². The van der Waals surface area contributed by atoms with Crippen LogP contribution < -0.4 is 0 Å². The van der Waals surface area contributed by atoms with E-state index in [9.17, 15) is 5.11 Å². The van der Waals surface area contributed by atoms with Crippen LogP contribution in [-0.4, -0.2) is 22.8 Å². The summed E-state index contributed by atoms with van der Waals surface area (Å²) >= 11 is 0. The van der Waals surface area contributed by atoms with E-state index in [4.69, 9.17) is 9.90 Å². The second-order valence-electron chi connectivity index (χ2n) is 10.3. The third-order valence-electron chi connectivity index (χ3n) is 9.35. The monoisotopic (exact) mass is 394 g/mol. The Morgan fingerprint density at radius 2 is 1.68 bits per heavy atom. The van der Waals surface area contributed by atoms with Gasteiger partial charge in [-0.1, -0.05) is 60.3 Å². The molecule has 3 heteroatoms. The maximum Gasteiger partial charge on any atom is 0.290 e. The fraction of sp³-hybridized carbons (Fsp3) is 0.960. The maximum absolute atomic E-state index is 11.3. The molecule has 4 aliphatic carbocycles. The molecule has 0 radical (unpaired) electrons. The second-order valence-corrected chi connectivity index (χ2v) is 10.3. The molecular formula is C25H46O3. The summed E-state index contributed by atoms with van der Waals surface area (Å²) in [4.78, 5) is 8.36. The molecule has 0 aliphatic heterocycles. The lowest BCUT2D eigenvalue weighted by atomic mass is 9.44. The van der Waals surface area contributed by atoms with E-state index in [1.54, 1.807) is 0 Å². The number of carboxylic acid groups (broad SMARTS) is 1. The van der Waals surface area contributed by atoms with Crippen LogP contribution in [0.4, 0.5) is 0 Å². The molecule has 164 valence electrons. The summed E-state index contributed by atoms with van der Waals surface area (Å²) in [6.07, 6.45) is 15.2. The number of hydrogen-bond donors (Lipinski definition) is 2. The average molecular weight is 395 g/mol. The number of aliphatic hydroxyl groups is 1. The van der Waals surface area contributed by atoms with Gasteiger partial charge < -0.3 is 10.2 Å². The highest BCUT2D eigenvalue weighted by molar-refractivity contribution is 5.32. The fourth-order valence-corrected chi connectivity index (χ4v) is 8.35. The average Bonchev–Trinajstić information content (AvgIpc) is 2.99. The van der Waals surface area contributed by atoms with Gasteiger partial charge in [-0.15, -0.1) is 0 Å². The number of hydrogen-bond acceptors (Lipinski definition) is 2. The summed E-state index contributed by atoms with van der Waals surface area (Å²) in [6.45, 7) is 11.2. The van der Waals surface area contributed by atoms with Gasteiger partial charge in [0, 0.05) is 0 Å². The summed E-state index contributed by atoms with van der Waals surface area (Å²) in [6, 6.07) is 0. The molecule has 0 aromatic heterocycles. The van der Waals surface area contributed by atoms with Crippen LogP contribution >= 0.6 is 0 Å². The topological polar surface area (TPSA) is 57.5 Å². The molecule has 4 rings (SSSR count). The van der Waals surface area contributed by atoms with Crippen molar-refractivity contribution in [2.24, 2.45) is 40.4 Å². The molecule has 4 fully saturated rings. The molecule has 8 unspecified atom stereocenters. The van der Waals surface area contributed by atoms with Gasteiger partial charge in [0.1, 0.15) is 0 Å². The lowest BCUT2D eigenvalue weighted by molar-refractivity contribution is -0.169. The van der Waals surface area contributed by atoms with Crippen LogP contribution in [0.1, 0.15) is 105 Å². The van der Waals surface area contributed by atoms with Gasteiger partial charge >= 0.3 is 0 Å². The summed E-state index contributed by atoms with van der Waals surface area (Å²) < 4.78 is 0. The van der Waals surface area contributed by atoms with E-state index in [2.05, 4.69) is 20.8 Å². The molecular weight excluding hydrogens is 348 g/mol. The Labute approximate surface area is 173 Å². The van der Waals surface area contributed by atoms with Crippen LogP contribution in [0.3, 0.4) is 0 Å². The van der Waals surface area contributed by atoms with Crippen LogP contribution in [0.15, 0.2) is 0 Å². The molecule has 2 N–H and O–H groups in total. The van der Waals surface area contributed by atoms with Crippen LogP contribution in [0.2, 0.25) is 0 Å². The van der Waals surface area contributed by atoms with Gasteiger partial charge in [-0.25, -0.2) is 0 Å². The summed E-state index contributed by atoms with van der Waals surface area (Å²) in [5.41, 5.74) is 0.888. The third-order valence-corrected chi connectivity index (χ3v) is 9.35. The number of fused-ring (bicyclic) bond motifs is 5. The first kappa shape index (κ1) is 23.7. The highest BCUT2D eigenvalue weighted by atomic mass is 16.3. The molecule has 28 heavy (non-hydrogen) atoms. The van der Waals surface area contributed by atoms with E-state index in [1.807, 2.05) is 13.8 Å². The van der Waals surface area contributed by atoms with Crippen molar-refractivity contribution in [1.29, 1.82) is 0 Å². The summed E-state index contributed by atoms with van der Waals surface area (Å²) in [5.74, 6) is 4.13. The van der Waals surface area contributed by atoms with E-state index in [1.165, 1.54) is 64.2 Å². The van der Waals surface area contributed by atoms with E-state index in [0.717, 1.165) is 30.1 Å². The van der Waals surface area contributed by atoms with Gasteiger partial charge in [-0.3, -0.25) is 4.79 Å². The molecule has 0 aromatic carbocycles. The van der Waals surface area contributed by atoms with Crippen molar-refractivity contribution in [3.63, 3.8) is 0 Å². The first-order valence-electron chi connectivity index (χ1n) is 12.2. The van der Waals surface area contributed by atoms with Gasteiger partial charge in [0.25, 0.3) is 6.47 Å². The SMILES string of the molecule is CC.CCCC1CCC2C3CCC4CCCCC4(C)C3C(O)CC12C.O=CO. The Bertz CT molecular complexity index is 492. The molecule has 4 saturated carbocycles. The van der Waals surface area contributed by atoms with E-state index < -0.39 is 0 Å². The minimum absolute atomic E-state index is 0.0235. The summed E-state index contributed by atoms with van der Waals surface area (Å²) in [7, 11) is 0. The minimum atomic E-state index is -0.250. The fourth-order valence-electron chi connectivity index (χ4n) is 8.35. The van der Waals surface area contributed by atoms with Crippen LogP contribution in [0.5, 0.6) is 0 Å². The molecule has 4 aliphatic rings. The summed E-state index contributed by atoms with van der Waals surface area (Å²) in [5, 5.41) is 18.2. The van der Waals surface area contributed by atoms with Gasteiger partial charge in [0.05, 0.1) is 6.10 Å². The highest BCUT2D eigenvalue weighted by Gasteiger charge is 2.62. The molecule has 0 amide bonds. The predicted octanol–water partition coefficient (Wildman–Crippen LogP) is 6.53. The lowest BCUT2D eigenvalue weighted by Crippen LogP contribution is -2.58. The van der Waals surface area contributed by atoms with Crippen LogP contribution in [-0.2, 0) is 4.79 Å². The van der Waals surface area contributed by atoms with Crippen molar-refractivity contribution in [2.45, 2.75) is 111 Å². The zero-order valence-electron chi connectivity index (χ0n) is 19.1. The van der Waals surface area contributed by atoms with E-state index in [-0.39, 0.29) is 12.6 Å². The van der Waals surface area contributed by atoms with Crippen LogP contribution in [0, 0.1) is 40.4 Å². The second kappa shape index (κ2) is 9.96. The maximum atomic E-state index is 11.3. The Kier molecular flexibility index (Phi) is 8.43. The standard InChI is InChI=1S/C22H38O.C2H6.CH2O2/c1-4-7-15-10-12-18-17-11-9-16-8-5-6-13-21(16,2)20(17)19(23)14-22(15,18)3;1-2;2-1-3/h15-20,23H,4-14H2,1-3H3;1-2H3;1H,(H,2,3). The highest BCUT2D eigenvalue weighted by Crippen LogP contribution is 2.67. The van der Waals surface area contributed by atoms with Gasteiger partial charge in [-0.05, 0) is 85.4 Å². The Morgan fingerprint density at radius 1 is 1.00 bits per heavy atom. The quantitative estimate of drug-likeness (QED) is 0.523. The number of aliphatic hydroxyl groups excluding tert-OH is 1. The Hall–Kier alpha value is -0.570. The minimum Gasteiger partial charge on any atom is -0.483 e. The van der Waals surface area contributed by atoms with E-state index in [0.29, 0.717) is 16.7 Å². The van der Waals surface area contributed by atoms with Gasteiger partial charge in [0.15, 0.2) is 0 Å². The first-order valence-corrected chi connectivity index (χ1v) is 12.2. The first-order chi connectivity index (χ1) is 13.4. The lowest BCUT2D eigenvalue weighted by Gasteiger charge is -2.62. The largest absolute Gasteiger partial charge is 0.483 e. The normalized spacial score (nSPS) is 46.5. The Morgan fingerprint density at radius 3 is 2.32 bits per heavy atom.